The minimum absolute atomic E-state index is 0.0557. The van der Waals surface area contributed by atoms with Crippen molar-refractivity contribution in [2.45, 2.75) is 63.3 Å². The Labute approximate surface area is 229 Å². The number of ether oxygens (including phenoxy) is 3. The van der Waals surface area contributed by atoms with Crippen LogP contribution < -0.4 is 15.4 Å². The number of rotatable bonds is 6. The van der Waals surface area contributed by atoms with E-state index in [0.717, 1.165) is 5.56 Å². The van der Waals surface area contributed by atoms with E-state index in [-0.39, 0.29) is 61.0 Å². The van der Waals surface area contributed by atoms with Gasteiger partial charge in [-0.3, -0.25) is 14.4 Å². The number of amides is 3. The summed E-state index contributed by atoms with van der Waals surface area (Å²) >= 11 is 0. The van der Waals surface area contributed by atoms with Crippen molar-refractivity contribution in [1.82, 2.24) is 10.2 Å². The number of hydrogen-bond donors (Lipinski definition) is 2. The zero-order valence-electron chi connectivity index (χ0n) is 22.6. The van der Waals surface area contributed by atoms with Crippen molar-refractivity contribution in [1.29, 1.82) is 0 Å². The first kappa shape index (κ1) is 27.1. The highest BCUT2D eigenvalue weighted by Crippen LogP contribution is 2.33. The summed E-state index contributed by atoms with van der Waals surface area (Å²) in [6.07, 6.45) is 2.42. The molecule has 2 N–H and O–H groups in total. The van der Waals surface area contributed by atoms with Gasteiger partial charge >= 0.3 is 0 Å². The third kappa shape index (κ3) is 6.42. The van der Waals surface area contributed by atoms with Gasteiger partial charge in [-0.25, -0.2) is 0 Å². The molecule has 2 fully saturated rings. The van der Waals surface area contributed by atoms with Crippen molar-refractivity contribution in [3.63, 3.8) is 0 Å². The van der Waals surface area contributed by atoms with E-state index in [4.69, 9.17) is 14.2 Å². The largest absolute Gasteiger partial charge is 0.490 e. The normalized spacial score (nSPS) is 24.3. The van der Waals surface area contributed by atoms with Crippen LogP contribution in [-0.4, -0.2) is 67.7 Å². The van der Waals surface area contributed by atoms with Crippen LogP contribution in [0.25, 0.3) is 0 Å². The average Bonchev–Trinajstić information content (AvgIpc) is 2.96. The van der Waals surface area contributed by atoms with E-state index < -0.39 is 0 Å². The molecule has 0 aromatic heterocycles. The van der Waals surface area contributed by atoms with E-state index in [9.17, 15) is 14.4 Å². The molecule has 2 aromatic rings. The molecule has 0 saturated carbocycles. The molecule has 4 atom stereocenters. The summed E-state index contributed by atoms with van der Waals surface area (Å²) in [5.41, 5.74) is 2.04. The van der Waals surface area contributed by atoms with Crippen molar-refractivity contribution < 1.29 is 28.6 Å². The first-order valence-corrected chi connectivity index (χ1v) is 13.8. The molecule has 3 heterocycles. The number of carbonyl (C=O) groups is 3. The standard InChI is InChI=1S/C30H37N3O6/c1-19(20-6-4-3-5-7-20)31-28(34)17-23-9-10-25-27(39-23)18-38-26-11-8-22(16-24(26)30(36)33(25)2)32-29(35)21-12-14-37-15-13-21/h3-8,11,16,19,21,23,25,27H,9-10,12-15,17-18H2,1-2H3,(H,31,34)(H,32,35)/t19-,23-,25+,27-/m0/s1. The fourth-order valence-electron chi connectivity index (χ4n) is 5.64. The molecule has 2 saturated heterocycles. The predicted octanol–water partition coefficient (Wildman–Crippen LogP) is 3.70. The highest BCUT2D eigenvalue weighted by molar-refractivity contribution is 6.00. The summed E-state index contributed by atoms with van der Waals surface area (Å²) in [4.78, 5) is 40.6. The van der Waals surface area contributed by atoms with Gasteiger partial charge in [0.2, 0.25) is 11.8 Å². The van der Waals surface area contributed by atoms with Gasteiger partial charge in [0, 0.05) is 31.9 Å². The van der Waals surface area contributed by atoms with Gasteiger partial charge in [-0.05, 0) is 56.4 Å². The molecule has 0 spiro atoms. The maximum absolute atomic E-state index is 13.5. The van der Waals surface area contributed by atoms with Crippen molar-refractivity contribution in [3.8, 4) is 5.75 Å². The van der Waals surface area contributed by atoms with Gasteiger partial charge in [0.15, 0.2) is 0 Å². The first-order valence-electron chi connectivity index (χ1n) is 13.8. The van der Waals surface area contributed by atoms with Gasteiger partial charge in [-0.2, -0.15) is 0 Å². The minimum atomic E-state index is -0.349. The summed E-state index contributed by atoms with van der Waals surface area (Å²) in [5.74, 6) is 0.0615. The molecule has 0 radical (unpaired) electrons. The van der Waals surface area contributed by atoms with Crippen LogP contribution in [0.3, 0.4) is 0 Å². The summed E-state index contributed by atoms with van der Waals surface area (Å²) in [6, 6.07) is 14.8. The van der Waals surface area contributed by atoms with Crippen LogP contribution in [0.2, 0.25) is 0 Å². The molecule has 5 rings (SSSR count). The molecule has 0 bridgehead atoms. The highest BCUT2D eigenvalue weighted by atomic mass is 16.5. The zero-order chi connectivity index (χ0) is 27.4. The van der Waals surface area contributed by atoms with E-state index >= 15 is 0 Å². The van der Waals surface area contributed by atoms with Crippen LogP contribution in [0.15, 0.2) is 48.5 Å². The van der Waals surface area contributed by atoms with Gasteiger partial charge in [0.25, 0.3) is 5.91 Å². The van der Waals surface area contributed by atoms with Gasteiger partial charge in [-0.1, -0.05) is 30.3 Å². The van der Waals surface area contributed by atoms with Gasteiger partial charge in [0.05, 0.1) is 30.2 Å². The molecule has 9 heteroatoms. The first-order chi connectivity index (χ1) is 18.9. The van der Waals surface area contributed by atoms with Crippen LogP contribution in [0.4, 0.5) is 5.69 Å². The molecule has 3 amide bonds. The van der Waals surface area contributed by atoms with Crippen LogP contribution in [0, 0.1) is 5.92 Å². The monoisotopic (exact) mass is 535 g/mol. The smallest absolute Gasteiger partial charge is 0.257 e. The predicted molar refractivity (Wildman–Crippen MR) is 146 cm³/mol. The average molecular weight is 536 g/mol. The Hall–Kier alpha value is -3.43. The van der Waals surface area contributed by atoms with Crippen LogP contribution >= 0.6 is 0 Å². The Morgan fingerprint density at radius 1 is 1.05 bits per heavy atom. The maximum atomic E-state index is 13.5. The fraction of sp³-hybridized carbons (Fsp3) is 0.500. The van der Waals surface area contributed by atoms with E-state index in [1.54, 1.807) is 30.1 Å². The number of fused-ring (bicyclic) bond motifs is 2. The lowest BCUT2D eigenvalue weighted by Crippen LogP contribution is -2.54. The molecular formula is C30H37N3O6. The number of benzene rings is 2. The van der Waals surface area contributed by atoms with Crippen molar-refractivity contribution in [3.05, 3.63) is 59.7 Å². The Morgan fingerprint density at radius 3 is 2.59 bits per heavy atom. The summed E-state index contributed by atoms with van der Waals surface area (Å²) < 4.78 is 17.7. The van der Waals surface area contributed by atoms with Crippen molar-refractivity contribution in [2.75, 3.05) is 32.2 Å². The third-order valence-electron chi connectivity index (χ3n) is 7.96. The van der Waals surface area contributed by atoms with Gasteiger partial charge < -0.3 is 29.7 Å². The molecule has 0 aliphatic carbocycles. The maximum Gasteiger partial charge on any atom is 0.257 e. The van der Waals surface area contributed by atoms with Crippen LogP contribution in [0.5, 0.6) is 5.75 Å². The molecule has 208 valence electrons. The van der Waals surface area contributed by atoms with Crippen molar-refractivity contribution in [2.24, 2.45) is 5.92 Å². The van der Waals surface area contributed by atoms with E-state index in [1.807, 2.05) is 37.3 Å². The molecule has 2 aromatic carbocycles. The molecule has 9 nitrogen and oxygen atoms in total. The van der Waals surface area contributed by atoms with E-state index in [0.29, 0.717) is 55.9 Å². The lowest BCUT2D eigenvalue weighted by Gasteiger charge is -2.42. The number of hydrogen-bond acceptors (Lipinski definition) is 6. The van der Waals surface area contributed by atoms with Gasteiger partial charge in [0.1, 0.15) is 18.5 Å². The second-order valence-electron chi connectivity index (χ2n) is 10.7. The lowest BCUT2D eigenvalue weighted by molar-refractivity contribution is -0.134. The Balaban J connectivity index is 1.21. The van der Waals surface area contributed by atoms with E-state index in [1.165, 1.54) is 0 Å². The second-order valence-corrected chi connectivity index (χ2v) is 10.7. The topological polar surface area (TPSA) is 106 Å². The molecule has 3 aliphatic rings. The highest BCUT2D eigenvalue weighted by Gasteiger charge is 2.39. The van der Waals surface area contributed by atoms with Crippen LogP contribution in [-0.2, 0) is 19.1 Å². The Morgan fingerprint density at radius 2 is 1.82 bits per heavy atom. The van der Waals surface area contributed by atoms with Crippen LogP contribution in [0.1, 0.15) is 61.0 Å². The molecule has 0 unspecified atom stereocenters. The third-order valence-corrected chi connectivity index (χ3v) is 7.96. The number of carbonyl (C=O) groups excluding carboxylic acids is 3. The number of nitrogens with zero attached hydrogens (tertiary/aromatic N) is 1. The number of anilines is 1. The second kappa shape index (κ2) is 12.2. The van der Waals surface area contributed by atoms with Crippen molar-refractivity contribution >= 4 is 23.4 Å². The summed E-state index contributed by atoms with van der Waals surface area (Å²) in [5, 5.41) is 6.01. The molecular weight excluding hydrogens is 498 g/mol. The van der Waals surface area contributed by atoms with E-state index in [2.05, 4.69) is 10.6 Å². The Bertz CT molecular complexity index is 1180. The zero-order valence-corrected chi connectivity index (χ0v) is 22.6. The van der Waals surface area contributed by atoms with Gasteiger partial charge in [-0.15, -0.1) is 0 Å². The molecule has 3 aliphatic heterocycles. The summed E-state index contributed by atoms with van der Waals surface area (Å²) in [7, 11) is 1.78. The number of nitrogens with one attached hydrogen (secondary N) is 2. The fourth-order valence-corrected chi connectivity index (χ4v) is 5.64. The summed E-state index contributed by atoms with van der Waals surface area (Å²) in [6.45, 7) is 3.40. The Kier molecular flexibility index (Phi) is 8.47. The quantitative estimate of drug-likeness (QED) is 0.584. The minimum Gasteiger partial charge on any atom is -0.490 e. The number of likely N-dealkylation sites (N-methyl/N-ethyl adjacent to an activating group) is 1. The SMILES string of the molecule is C[C@H](NC(=O)C[C@@H]1CC[C@@H]2[C@H](COc3ccc(NC(=O)C4CCOCC4)cc3C(=O)N2C)O1)c1ccccc1. The lowest BCUT2D eigenvalue weighted by atomic mass is 9.94. The molecule has 39 heavy (non-hydrogen) atoms.